The van der Waals surface area contributed by atoms with Crippen LogP contribution in [0, 0.1) is 0 Å². The molecule has 0 radical (unpaired) electrons. The molecule has 5 nitrogen and oxygen atoms in total. The van der Waals surface area contributed by atoms with E-state index in [1.165, 1.54) is 12.3 Å². The average Bonchev–Trinajstić information content (AvgIpc) is 2.18. The van der Waals surface area contributed by atoms with Gasteiger partial charge in [0.1, 0.15) is 5.60 Å². The van der Waals surface area contributed by atoms with Crippen LogP contribution in [0.3, 0.4) is 0 Å². The van der Waals surface area contributed by atoms with Crippen LogP contribution in [0.1, 0.15) is 29.8 Å². The highest BCUT2D eigenvalue weighted by molar-refractivity contribution is 5.87. The van der Waals surface area contributed by atoms with Gasteiger partial charge in [-0.3, -0.25) is 0 Å². The van der Waals surface area contributed by atoms with Crippen molar-refractivity contribution < 1.29 is 19.7 Å². The van der Waals surface area contributed by atoms with Crippen molar-refractivity contribution in [2.24, 2.45) is 0 Å². The van der Waals surface area contributed by atoms with Crippen LogP contribution in [0.2, 0.25) is 0 Å². The van der Waals surface area contributed by atoms with Gasteiger partial charge in [0.05, 0.1) is 11.7 Å². The number of aliphatic hydroxyl groups excluding tert-OH is 1. The molecular weight excluding hydrogens is 210 g/mol. The number of carboxylic acids is 1. The van der Waals surface area contributed by atoms with E-state index in [-0.39, 0.29) is 5.56 Å². The minimum Gasteiger partial charge on any atom is -0.478 e. The van der Waals surface area contributed by atoms with Crippen LogP contribution < -0.4 is 4.74 Å². The van der Waals surface area contributed by atoms with Gasteiger partial charge in [0.25, 0.3) is 0 Å². The summed E-state index contributed by atoms with van der Waals surface area (Å²) in [6.45, 7) is 3.54. The molecule has 2 heterocycles. The van der Waals surface area contributed by atoms with Crippen LogP contribution in [0.25, 0.3) is 0 Å². The summed E-state index contributed by atoms with van der Waals surface area (Å²) < 4.78 is 5.51. The molecule has 0 unspecified atom stereocenters. The number of aromatic carboxylic acids is 1. The van der Waals surface area contributed by atoms with Crippen LogP contribution >= 0.6 is 0 Å². The first-order chi connectivity index (χ1) is 7.40. The zero-order chi connectivity index (χ0) is 11.9. The van der Waals surface area contributed by atoms with Gasteiger partial charge in [-0.2, -0.15) is 0 Å². The first-order valence-corrected chi connectivity index (χ1v) is 4.99. The number of pyridine rings is 1. The second kappa shape index (κ2) is 3.45. The van der Waals surface area contributed by atoms with E-state index in [0.29, 0.717) is 17.9 Å². The van der Waals surface area contributed by atoms with Crippen molar-refractivity contribution in [3.63, 3.8) is 0 Å². The topological polar surface area (TPSA) is 79.7 Å². The van der Waals surface area contributed by atoms with Crippen molar-refractivity contribution in [1.82, 2.24) is 4.98 Å². The lowest BCUT2D eigenvalue weighted by atomic mass is 9.92. The Balaban J connectivity index is 2.40. The second-order valence-corrected chi connectivity index (χ2v) is 4.42. The molecule has 0 aromatic carbocycles. The van der Waals surface area contributed by atoms with Gasteiger partial charge in [-0.15, -0.1) is 0 Å². The van der Waals surface area contributed by atoms with Crippen molar-refractivity contribution in [3.05, 3.63) is 23.4 Å². The smallest absolute Gasteiger partial charge is 0.337 e. The van der Waals surface area contributed by atoms with Gasteiger partial charge in [-0.05, 0) is 19.9 Å². The molecule has 86 valence electrons. The number of ether oxygens (including phenoxy) is 1. The van der Waals surface area contributed by atoms with Crippen molar-refractivity contribution in [2.45, 2.75) is 32.0 Å². The zero-order valence-corrected chi connectivity index (χ0v) is 9.10. The summed E-state index contributed by atoms with van der Waals surface area (Å²) >= 11 is 0. The number of nitrogens with zero attached hydrogens (tertiary/aromatic N) is 1. The molecule has 2 N–H and O–H groups in total. The maximum Gasteiger partial charge on any atom is 0.337 e. The summed E-state index contributed by atoms with van der Waals surface area (Å²) in [5.41, 5.74) is 0.0473. The molecule has 0 aliphatic carbocycles. The van der Waals surface area contributed by atoms with E-state index in [4.69, 9.17) is 9.84 Å². The van der Waals surface area contributed by atoms with E-state index < -0.39 is 17.7 Å². The Morgan fingerprint density at radius 3 is 2.94 bits per heavy atom. The molecule has 0 amide bonds. The van der Waals surface area contributed by atoms with E-state index in [1.807, 2.05) is 0 Å². The fraction of sp³-hybridized carbons (Fsp3) is 0.455. The third kappa shape index (κ3) is 1.74. The molecular formula is C11H13NO4. The molecule has 1 aliphatic heterocycles. The molecule has 1 aliphatic rings. The predicted octanol–water partition coefficient (Wildman–Crippen LogP) is 0.854. The second-order valence-electron chi connectivity index (χ2n) is 4.42. The predicted molar refractivity (Wildman–Crippen MR) is 55.6 cm³/mol. The number of fused-ring (bicyclic) bond motifs is 1. The number of rotatable bonds is 1. The minimum absolute atomic E-state index is 0.106. The third-order valence-corrected chi connectivity index (χ3v) is 2.75. The van der Waals surface area contributed by atoms with Crippen molar-refractivity contribution >= 4 is 5.97 Å². The minimum atomic E-state index is -1.03. The maximum absolute atomic E-state index is 10.8. The molecule has 0 fully saturated rings. The molecule has 0 saturated carbocycles. The van der Waals surface area contributed by atoms with E-state index in [1.54, 1.807) is 13.8 Å². The molecule has 0 spiro atoms. The molecule has 2 rings (SSSR count). The molecule has 1 atom stereocenters. The third-order valence-electron chi connectivity index (χ3n) is 2.75. The normalized spacial score (nSPS) is 22.1. The van der Waals surface area contributed by atoms with Crippen LogP contribution in [-0.4, -0.2) is 32.9 Å². The summed E-state index contributed by atoms with van der Waals surface area (Å²) in [5.74, 6) is -0.630. The van der Waals surface area contributed by atoms with E-state index in [9.17, 15) is 9.90 Å². The van der Waals surface area contributed by atoms with Gasteiger partial charge < -0.3 is 14.9 Å². The Morgan fingerprint density at radius 2 is 2.31 bits per heavy atom. The van der Waals surface area contributed by atoms with Gasteiger partial charge in [-0.1, -0.05) is 0 Å². The summed E-state index contributed by atoms with van der Waals surface area (Å²) in [5, 5.41) is 18.6. The highest BCUT2D eigenvalue weighted by Crippen LogP contribution is 2.31. The molecule has 16 heavy (non-hydrogen) atoms. The molecule has 0 saturated heterocycles. The van der Waals surface area contributed by atoms with Crippen LogP contribution in [0.5, 0.6) is 5.88 Å². The average molecular weight is 223 g/mol. The van der Waals surface area contributed by atoms with Crippen LogP contribution in [-0.2, 0) is 6.42 Å². The standard InChI is InChI=1S/C11H13NO4/c1-11(2)8(13)4-6-3-7(10(14)15)5-12-9(6)16-11/h3,5,8,13H,4H2,1-2H3,(H,14,15)/t8-/m0/s1. The van der Waals surface area contributed by atoms with Gasteiger partial charge in [-0.25, -0.2) is 9.78 Å². The largest absolute Gasteiger partial charge is 0.478 e. The summed E-state index contributed by atoms with van der Waals surface area (Å²) in [6.07, 6.45) is 0.955. The molecule has 5 heteroatoms. The number of carbonyl (C=O) groups is 1. The molecule has 1 aromatic rings. The first-order valence-electron chi connectivity index (χ1n) is 4.99. The monoisotopic (exact) mass is 223 g/mol. The van der Waals surface area contributed by atoms with E-state index in [0.717, 1.165) is 0 Å². The Kier molecular flexibility index (Phi) is 2.35. The number of aliphatic hydroxyl groups is 1. The Morgan fingerprint density at radius 1 is 1.62 bits per heavy atom. The Hall–Kier alpha value is -1.62. The number of hydrogen-bond acceptors (Lipinski definition) is 4. The SMILES string of the molecule is CC1(C)Oc2ncc(C(=O)O)cc2C[C@@H]1O. The van der Waals surface area contributed by atoms with Crippen molar-refractivity contribution in [1.29, 1.82) is 0 Å². The number of carboxylic acid groups (broad SMARTS) is 1. The lowest BCUT2D eigenvalue weighted by Crippen LogP contribution is -2.46. The number of hydrogen-bond donors (Lipinski definition) is 2. The quantitative estimate of drug-likeness (QED) is 0.738. The van der Waals surface area contributed by atoms with Gasteiger partial charge in [0, 0.05) is 18.2 Å². The summed E-state index contributed by atoms with van der Waals surface area (Å²) in [6, 6.07) is 1.49. The van der Waals surface area contributed by atoms with Gasteiger partial charge in [0.2, 0.25) is 5.88 Å². The van der Waals surface area contributed by atoms with Crippen LogP contribution in [0.4, 0.5) is 0 Å². The van der Waals surface area contributed by atoms with Gasteiger partial charge >= 0.3 is 5.97 Å². The van der Waals surface area contributed by atoms with E-state index >= 15 is 0 Å². The van der Waals surface area contributed by atoms with Crippen molar-refractivity contribution in [3.8, 4) is 5.88 Å². The fourth-order valence-corrected chi connectivity index (χ4v) is 1.62. The fourth-order valence-electron chi connectivity index (χ4n) is 1.62. The van der Waals surface area contributed by atoms with Crippen molar-refractivity contribution in [2.75, 3.05) is 0 Å². The summed E-state index contributed by atoms with van der Waals surface area (Å²) in [4.78, 5) is 14.7. The Bertz CT molecular complexity index is 442. The van der Waals surface area contributed by atoms with Gasteiger partial charge in [0.15, 0.2) is 0 Å². The molecule has 1 aromatic heterocycles. The molecule has 0 bridgehead atoms. The lowest BCUT2D eigenvalue weighted by Gasteiger charge is -2.36. The Labute approximate surface area is 92.7 Å². The maximum atomic E-state index is 10.8. The summed E-state index contributed by atoms with van der Waals surface area (Å²) in [7, 11) is 0. The van der Waals surface area contributed by atoms with Crippen LogP contribution in [0.15, 0.2) is 12.3 Å². The van der Waals surface area contributed by atoms with E-state index in [2.05, 4.69) is 4.98 Å². The number of aromatic nitrogens is 1. The first kappa shape index (κ1) is 10.9. The lowest BCUT2D eigenvalue weighted by molar-refractivity contribution is -0.0443. The highest BCUT2D eigenvalue weighted by atomic mass is 16.5. The highest BCUT2D eigenvalue weighted by Gasteiger charge is 2.36. The zero-order valence-electron chi connectivity index (χ0n) is 9.10.